The quantitative estimate of drug-likeness (QED) is 0.810. The summed E-state index contributed by atoms with van der Waals surface area (Å²) in [6, 6.07) is 0. The monoisotopic (exact) mass is 308 g/mol. The van der Waals surface area contributed by atoms with Crippen molar-refractivity contribution in [2.45, 2.75) is 38.6 Å². The van der Waals surface area contributed by atoms with Gasteiger partial charge < -0.3 is 10.2 Å². The van der Waals surface area contributed by atoms with Crippen LogP contribution in [0, 0.1) is 0 Å². The van der Waals surface area contributed by atoms with Gasteiger partial charge in [0, 0.05) is 23.8 Å². The maximum Gasteiger partial charge on any atom is 0.243 e. The van der Waals surface area contributed by atoms with Crippen LogP contribution >= 0.6 is 11.8 Å². The molecule has 1 aliphatic heterocycles. The number of nitrogens with zero attached hydrogens (tertiary/aromatic N) is 1. The predicted octanol–water partition coefficient (Wildman–Crippen LogP) is 0.711. The van der Waals surface area contributed by atoms with Crippen LogP contribution in [0.3, 0.4) is 0 Å². The Morgan fingerprint density at radius 3 is 2.58 bits per heavy atom. The van der Waals surface area contributed by atoms with Crippen molar-refractivity contribution in [3.05, 3.63) is 0 Å². The highest BCUT2D eigenvalue weighted by Gasteiger charge is 2.40. The Labute approximate surface area is 120 Å². The van der Waals surface area contributed by atoms with Gasteiger partial charge in [-0.2, -0.15) is 11.8 Å². The highest BCUT2D eigenvalue weighted by atomic mass is 32.2. The second-order valence-corrected chi connectivity index (χ2v) is 8.73. The van der Waals surface area contributed by atoms with Crippen LogP contribution in [-0.4, -0.2) is 60.5 Å². The molecule has 0 aliphatic carbocycles. The predicted molar refractivity (Wildman–Crippen MR) is 80.0 cm³/mol. The lowest BCUT2D eigenvalue weighted by molar-refractivity contribution is -0.137. The Bertz CT molecular complexity index is 421. The van der Waals surface area contributed by atoms with Crippen LogP contribution in [0.1, 0.15) is 27.7 Å². The number of hydrogen-bond acceptors (Lipinski definition) is 5. The van der Waals surface area contributed by atoms with E-state index in [4.69, 9.17) is 0 Å². The molecule has 1 fully saturated rings. The first-order valence-corrected chi connectivity index (χ1v) is 9.48. The number of sulfone groups is 1. The lowest BCUT2D eigenvalue weighted by atomic mass is 10.0. The molecule has 112 valence electrons. The summed E-state index contributed by atoms with van der Waals surface area (Å²) in [6.07, 6.45) is 0. The van der Waals surface area contributed by atoms with Crippen molar-refractivity contribution in [1.29, 1.82) is 0 Å². The summed E-state index contributed by atoms with van der Waals surface area (Å²) in [5.41, 5.74) is -0.724. The summed E-state index contributed by atoms with van der Waals surface area (Å²) in [5.74, 6) is 1.22. The van der Waals surface area contributed by atoms with Crippen molar-refractivity contribution >= 4 is 27.5 Å². The number of carbonyl (C=O) groups excluding carboxylic acids is 1. The largest absolute Gasteiger partial charge is 0.322 e. The molecule has 1 N–H and O–H groups in total. The van der Waals surface area contributed by atoms with E-state index in [9.17, 15) is 13.2 Å². The number of amides is 1. The third kappa shape index (κ3) is 3.86. The van der Waals surface area contributed by atoms with Gasteiger partial charge in [-0.1, -0.05) is 13.8 Å². The highest BCUT2D eigenvalue weighted by molar-refractivity contribution is 8.01. The van der Waals surface area contributed by atoms with Crippen molar-refractivity contribution < 1.29 is 13.2 Å². The van der Waals surface area contributed by atoms with E-state index in [1.165, 1.54) is 4.90 Å². The summed E-state index contributed by atoms with van der Waals surface area (Å²) >= 11 is 1.60. The summed E-state index contributed by atoms with van der Waals surface area (Å²) in [7, 11) is -3.23. The summed E-state index contributed by atoms with van der Waals surface area (Å²) in [5, 5.41) is 2.44. The normalized spacial score (nSPS) is 21.5. The van der Waals surface area contributed by atoms with Gasteiger partial charge >= 0.3 is 0 Å². The van der Waals surface area contributed by atoms with E-state index >= 15 is 0 Å². The maximum atomic E-state index is 12.6. The van der Waals surface area contributed by atoms with Crippen LogP contribution in [-0.2, 0) is 14.6 Å². The lowest BCUT2D eigenvalue weighted by Gasteiger charge is -2.39. The molecule has 0 aromatic carbocycles. The van der Waals surface area contributed by atoms with E-state index in [-0.39, 0.29) is 11.7 Å². The van der Waals surface area contributed by atoms with Gasteiger partial charge in [-0.15, -0.1) is 0 Å². The molecule has 0 aromatic rings. The van der Waals surface area contributed by atoms with Gasteiger partial charge in [-0.25, -0.2) is 8.42 Å². The second-order valence-electron chi connectivity index (χ2n) is 5.13. The molecule has 1 saturated heterocycles. The standard InChI is InChI=1S/C12H24N2O3S2/c1-5-13-12(3,4)11(15)14-7-8-18-9-10(14)19(16,17)6-2/h10,13H,5-9H2,1-4H3. The molecule has 0 bridgehead atoms. The molecular formula is C12H24N2O3S2. The summed E-state index contributed by atoms with van der Waals surface area (Å²) < 4.78 is 24.3. The second kappa shape index (κ2) is 6.45. The molecule has 1 aliphatic rings. The minimum absolute atomic E-state index is 0.0731. The zero-order valence-corrected chi connectivity index (χ0v) is 13.7. The minimum atomic E-state index is -3.23. The number of rotatable bonds is 5. The van der Waals surface area contributed by atoms with Gasteiger partial charge in [0.1, 0.15) is 5.37 Å². The average Bonchev–Trinajstić information content (AvgIpc) is 2.37. The molecule has 1 rings (SSSR count). The average molecular weight is 308 g/mol. The van der Waals surface area contributed by atoms with E-state index < -0.39 is 20.8 Å². The van der Waals surface area contributed by atoms with Crippen LogP contribution in [0.15, 0.2) is 0 Å². The van der Waals surface area contributed by atoms with Crippen molar-refractivity contribution in [3.63, 3.8) is 0 Å². The zero-order chi connectivity index (χ0) is 14.7. The van der Waals surface area contributed by atoms with E-state index in [0.717, 1.165) is 5.75 Å². The molecule has 1 atom stereocenters. The highest BCUT2D eigenvalue weighted by Crippen LogP contribution is 2.24. The first kappa shape index (κ1) is 16.8. The fourth-order valence-corrected chi connectivity index (χ4v) is 5.15. The molecule has 7 heteroatoms. The summed E-state index contributed by atoms with van der Waals surface area (Å²) in [4.78, 5) is 14.1. The molecule has 0 saturated carbocycles. The molecule has 19 heavy (non-hydrogen) atoms. The number of carbonyl (C=O) groups is 1. The van der Waals surface area contributed by atoms with Gasteiger partial charge in [0.2, 0.25) is 5.91 Å². The van der Waals surface area contributed by atoms with Crippen molar-refractivity contribution in [2.75, 3.05) is 30.3 Å². The molecule has 1 heterocycles. The van der Waals surface area contributed by atoms with Crippen LogP contribution < -0.4 is 5.32 Å². The topological polar surface area (TPSA) is 66.5 Å². The number of hydrogen-bond donors (Lipinski definition) is 1. The smallest absolute Gasteiger partial charge is 0.243 e. The lowest BCUT2D eigenvalue weighted by Crippen LogP contribution is -2.60. The fraction of sp³-hybridized carbons (Fsp3) is 0.917. The first-order valence-electron chi connectivity index (χ1n) is 6.61. The van der Waals surface area contributed by atoms with Crippen LogP contribution in [0.25, 0.3) is 0 Å². The van der Waals surface area contributed by atoms with E-state index in [2.05, 4.69) is 5.32 Å². The SMILES string of the molecule is CCNC(C)(C)C(=O)N1CCSCC1S(=O)(=O)CC. The fourth-order valence-electron chi connectivity index (χ4n) is 2.18. The Hall–Kier alpha value is -0.270. The third-order valence-corrected chi connectivity index (χ3v) is 6.60. The summed E-state index contributed by atoms with van der Waals surface area (Å²) in [6.45, 7) is 8.34. The maximum absolute atomic E-state index is 12.6. The van der Waals surface area contributed by atoms with Gasteiger partial charge in [-0.05, 0) is 20.4 Å². The van der Waals surface area contributed by atoms with Gasteiger partial charge in [0.25, 0.3) is 0 Å². The molecule has 0 spiro atoms. The van der Waals surface area contributed by atoms with E-state index in [1.807, 2.05) is 6.92 Å². The Morgan fingerprint density at radius 2 is 2.05 bits per heavy atom. The van der Waals surface area contributed by atoms with Crippen LogP contribution in [0.5, 0.6) is 0 Å². The Morgan fingerprint density at radius 1 is 1.42 bits per heavy atom. The Kier molecular flexibility index (Phi) is 5.70. The third-order valence-electron chi connectivity index (χ3n) is 3.32. The van der Waals surface area contributed by atoms with E-state index in [0.29, 0.717) is 18.8 Å². The number of likely N-dealkylation sites (N-methyl/N-ethyl adjacent to an activating group) is 1. The Balaban J connectivity index is 2.98. The minimum Gasteiger partial charge on any atom is -0.322 e. The van der Waals surface area contributed by atoms with Crippen molar-refractivity contribution in [2.24, 2.45) is 0 Å². The zero-order valence-electron chi connectivity index (χ0n) is 12.1. The molecule has 0 radical (unpaired) electrons. The van der Waals surface area contributed by atoms with Crippen LogP contribution in [0.2, 0.25) is 0 Å². The van der Waals surface area contributed by atoms with Gasteiger partial charge in [0.05, 0.1) is 5.54 Å². The van der Waals surface area contributed by atoms with Gasteiger partial charge in [-0.3, -0.25) is 4.79 Å². The van der Waals surface area contributed by atoms with Gasteiger partial charge in [0.15, 0.2) is 9.84 Å². The van der Waals surface area contributed by atoms with Crippen LogP contribution in [0.4, 0.5) is 0 Å². The molecular weight excluding hydrogens is 284 g/mol. The molecule has 1 unspecified atom stereocenters. The number of nitrogens with one attached hydrogen (secondary N) is 1. The van der Waals surface area contributed by atoms with Crippen molar-refractivity contribution in [3.8, 4) is 0 Å². The molecule has 1 amide bonds. The van der Waals surface area contributed by atoms with E-state index in [1.54, 1.807) is 32.5 Å². The van der Waals surface area contributed by atoms with Crippen molar-refractivity contribution in [1.82, 2.24) is 10.2 Å². The molecule has 0 aromatic heterocycles. The number of thioether (sulfide) groups is 1. The molecule has 5 nitrogen and oxygen atoms in total. The first-order chi connectivity index (χ1) is 8.76.